The molecule has 1 fully saturated rings. The Kier molecular flexibility index (Phi) is 4.78. The summed E-state index contributed by atoms with van der Waals surface area (Å²) < 4.78 is 13.0. The Labute approximate surface area is 171 Å². The first kappa shape index (κ1) is 18.6. The topological polar surface area (TPSA) is 26.8 Å². The minimum Gasteiger partial charge on any atom is -0.371 e. The number of halogens is 1. The molecule has 0 N–H and O–H groups in total. The van der Waals surface area contributed by atoms with E-state index in [1.165, 1.54) is 35.5 Å². The maximum Gasteiger partial charge on any atom is 0.162 e. The zero-order valence-electron chi connectivity index (χ0n) is 17.0. The highest BCUT2D eigenvalue weighted by molar-refractivity contribution is 5.95. The van der Waals surface area contributed by atoms with Crippen LogP contribution in [0, 0.1) is 5.82 Å². The van der Waals surface area contributed by atoms with Gasteiger partial charge in [0.15, 0.2) is 5.78 Å². The molecular formula is C24H28FN3O. The average molecular weight is 394 g/mol. The quantitative estimate of drug-likeness (QED) is 0.720. The van der Waals surface area contributed by atoms with Crippen LogP contribution < -0.4 is 9.80 Å². The number of benzene rings is 2. The molecular weight excluding hydrogens is 365 g/mol. The van der Waals surface area contributed by atoms with Crippen molar-refractivity contribution in [2.24, 2.45) is 0 Å². The monoisotopic (exact) mass is 393 g/mol. The first-order valence-electron chi connectivity index (χ1n) is 10.7. The predicted octanol–water partition coefficient (Wildman–Crippen LogP) is 3.92. The summed E-state index contributed by atoms with van der Waals surface area (Å²) in [5.74, 6) is 0.377. The Morgan fingerprint density at radius 2 is 1.93 bits per heavy atom. The van der Waals surface area contributed by atoms with Crippen molar-refractivity contribution in [2.45, 2.75) is 31.2 Å². The summed E-state index contributed by atoms with van der Waals surface area (Å²) in [4.78, 5) is 19.9. The lowest BCUT2D eigenvalue weighted by Gasteiger charge is -2.41. The zero-order chi connectivity index (χ0) is 20.0. The van der Waals surface area contributed by atoms with Gasteiger partial charge >= 0.3 is 0 Å². The molecule has 3 aliphatic rings. The molecule has 2 atom stereocenters. The number of piperidine rings is 1. The van der Waals surface area contributed by atoms with E-state index in [0.717, 1.165) is 39.1 Å². The Hall–Kier alpha value is -2.40. The van der Waals surface area contributed by atoms with E-state index in [1.54, 1.807) is 12.1 Å². The molecule has 5 heteroatoms. The smallest absolute Gasteiger partial charge is 0.162 e. The number of hydrogen-bond donors (Lipinski definition) is 0. The SMILES string of the molecule is CN1CCN2c3c(cccc31)[C@@H]1CN(CCCC(=O)c3ccc(F)cc3)CCC12. The summed E-state index contributed by atoms with van der Waals surface area (Å²) in [6.45, 7) is 5.33. The number of likely N-dealkylation sites (N-methyl/N-ethyl adjacent to an activating group) is 1. The highest BCUT2D eigenvalue weighted by Gasteiger charge is 2.44. The third kappa shape index (κ3) is 3.31. The van der Waals surface area contributed by atoms with Crippen LogP contribution in [-0.4, -0.2) is 56.5 Å². The van der Waals surface area contributed by atoms with E-state index in [0.29, 0.717) is 23.9 Å². The second-order valence-corrected chi connectivity index (χ2v) is 8.63. The van der Waals surface area contributed by atoms with Crippen LogP contribution in [0.5, 0.6) is 0 Å². The lowest BCUT2D eigenvalue weighted by molar-refractivity contribution is 0.0971. The van der Waals surface area contributed by atoms with Crippen LogP contribution in [0.1, 0.15) is 41.1 Å². The summed E-state index contributed by atoms with van der Waals surface area (Å²) in [6, 6.07) is 13.3. The Balaban J connectivity index is 1.22. The van der Waals surface area contributed by atoms with Crippen molar-refractivity contribution in [1.82, 2.24) is 4.90 Å². The van der Waals surface area contributed by atoms with Gasteiger partial charge in [0.25, 0.3) is 0 Å². The minimum atomic E-state index is -0.298. The molecule has 0 bridgehead atoms. The number of Topliss-reactive ketones (excluding diaryl/α,β-unsaturated/α-hetero) is 1. The number of likely N-dealkylation sites (tertiary alicyclic amines) is 1. The molecule has 0 aliphatic carbocycles. The zero-order valence-corrected chi connectivity index (χ0v) is 17.0. The van der Waals surface area contributed by atoms with E-state index < -0.39 is 0 Å². The van der Waals surface area contributed by atoms with Crippen LogP contribution in [0.25, 0.3) is 0 Å². The van der Waals surface area contributed by atoms with E-state index in [4.69, 9.17) is 0 Å². The van der Waals surface area contributed by atoms with Gasteiger partial charge in [0.05, 0.1) is 11.4 Å². The predicted molar refractivity (Wildman–Crippen MR) is 115 cm³/mol. The highest BCUT2D eigenvalue weighted by Crippen LogP contribution is 2.50. The third-order valence-electron chi connectivity index (χ3n) is 6.93. The number of anilines is 2. The van der Waals surface area contributed by atoms with Crippen LogP contribution in [0.4, 0.5) is 15.8 Å². The van der Waals surface area contributed by atoms with Crippen LogP contribution in [0.15, 0.2) is 42.5 Å². The normalized spacial score (nSPS) is 23.1. The van der Waals surface area contributed by atoms with Gasteiger partial charge in [0, 0.05) is 57.2 Å². The highest BCUT2D eigenvalue weighted by atomic mass is 19.1. The fraction of sp³-hybridized carbons (Fsp3) is 0.458. The van der Waals surface area contributed by atoms with Crippen LogP contribution in [-0.2, 0) is 0 Å². The summed E-state index contributed by atoms with van der Waals surface area (Å²) in [5.41, 5.74) is 4.95. The maximum atomic E-state index is 13.0. The minimum absolute atomic E-state index is 0.107. The van der Waals surface area contributed by atoms with E-state index in [2.05, 4.69) is 39.9 Å². The van der Waals surface area contributed by atoms with Crippen molar-refractivity contribution in [3.63, 3.8) is 0 Å². The van der Waals surface area contributed by atoms with Crippen molar-refractivity contribution in [2.75, 3.05) is 49.6 Å². The van der Waals surface area contributed by atoms with Gasteiger partial charge in [-0.1, -0.05) is 12.1 Å². The molecule has 0 spiro atoms. The largest absolute Gasteiger partial charge is 0.371 e. The van der Waals surface area contributed by atoms with Gasteiger partial charge in [-0.2, -0.15) is 0 Å². The second-order valence-electron chi connectivity index (χ2n) is 8.63. The number of ketones is 1. The first-order chi connectivity index (χ1) is 14.1. The molecule has 1 unspecified atom stereocenters. The molecule has 2 aromatic rings. The maximum absolute atomic E-state index is 13.0. The standard InChI is InChI=1S/C24H28FN3O/c1-26-14-15-28-21-11-13-27(16-20(21)19-4-2-5-22(26)24(19)28)12-3-6-23(29)17-7-9-18(25)10-8-17/h2,4-5,7-10,20-21H,3,6,11-16H2,1H3/t20-,21?/m0/s1. The molecule has 0 radical (unpaired) electrons. The fourth-order valence-electron chi connectivity index (χ4n) is 5.42. The Morgan fingerprint density at radius 3 is 2.76 bits per heavy atom. The van der Waals surface area contributed by atoms with E-state index in [1.807, 2.05) is 0 Å². The fourth-order valence-corrected chi connectivity index (χ4v) is 5.42. The third-order valence-corrected chi connectivity index (χ3v) is 6.93. The van der Waals surface area contributed by atoms with E-state index in [-0.39, 0.29) is 11.6 Å². The van der Waals surface area contributed by atoms with E-state index in [9.17, 15) is 9.18 Å². The molecule has 4 nitrogen and oxygen atoms in total. The van der Waals surface area contributed by atoms with Gasteiger partial charge < -0.3 is 14.7 Å². The Bertz CT molecular complexity index is 913. The number of para-hydroxylation sites is 1. The number of fused-ring (bicyclic) bond motifs is 3. The lowest BCUT2D eigenvalue weighted by atomic mass is 9.89. The number of carbonyl (C=O) groups excluding carboxylic acids is 1. The van der Waals surface area contributed by atoms with Gasteiger partial charge in [0.2, 0.25) is 0 Å². The van der Waals surface area contributed by atoms with Crippen molar-refractivity contribution in [3.8, 4) is 0 Å². The van der Waals surface area contributed by atoms with Gasteiger partial charge in [-0.15, -0.1) is 0 Å². The molecule has 1 saturated heterocycles. The molecule has 0 amide bonds. The van der Waals surface area contributed by atoms with E-state index >= 15 is 0 Å². The average Bonchev–Trinajstić information content (AvgIpc) is 3.06. The van der Waals surface area contributed by atoms with Gasteiger partial charge in [-0.05, 0) is 55.3 Å². The Morgan fingerprint density at radius 1 is 1.10 bits per heavy atom. The summed E-state index contributed by atoms with van der Waals surface area (Å²) in [7, 11) is 2.19. The van der Waals surface area contributed by atoms with Crippen LogP contribution in [0.2, 0.25) is 0 Å². The summed E-state index contributed by atoms with van der Waals surface area (Å²) in [5, 5.41) is 0. The lowest BCUT2D eigenvalue weighted by Crippen LogP contribution is -2.49. The molecule has 5 rings (SSSR count). The molecule has 29 heavy (non-hydrogen) atoms. The molecule has 152 valence electrons. The van der Waals surface area contributed by atoms with Gasteiger partial charge in [0.1, 0.15) is 5.82 Å². The van der Waals surface area contributed by atoms with Crippen molar-refractivity contribution >= 4 is 17.2 Å². The number of hydrogen-bond acceptors (Lipinski definition) is 4. The second kappa shape index (κ2) is 7.45. The number of carbonyl (C=O) groups is 1. The molecule has 0 saturated carbocycles. The molecule has 3 aliphatic heterocycles. The molecule has 3 heterocycles. The summed E-state index contributed by atoms with van der Waals surface area (Å²) >= 11 is 0. The van der Waals surface area contributed by atoms with Crippen LogP contribution >= 0.6 is 0 Å². The van der Waals surface area contributed by atoms with Crippen molar-refractivity contribution in [1.29, 1.82) is 0 Å². The van der Waals surface area contributed by atoms with Gasteiger partial charge in [-0.3, -0.25) is 4.79 Å². The molecule has 0 aromatic heterocycles. The number of rotatable bonds is 5. The number of nitrogens with zero attached hydrogens (tertiary/aromatic N) is 3. The van der Waals surface area contributed by atoms with Crippen molar-refractivity contribution < 1.29 is 9.18 Å². The van der Waals surface area contributed by atoms with Crippen molar-refractivity contribution in [3.05, 3.63) is 59.4 Å². The molecule has 2 aromatic carbocycles. The van der Waals surface area contributed by atoms with Gasteiger partial charge in [-0.25, -0.2) is 4.39 Å². The first-order valence-corrected chi connectivity index (χ1v) is 10.7. The summed E-state index contributed by atoms with van der Waals surface area (Å²) in [6.07, 6.45) is 2.56. The van der Waals surface area contributed by atoms with Crippen LogP contribution in [0.3, 0.4) is 0 Å².